The monoisotopic (exact) mass is 333 g/mol. The van der Waals surface area contributed by atoms with Crippen molar-refractivity contribution in [1.29, 1.82) is 0 Å². The summed E-state index contributed by atoms with van der Waals surface area (Å²) in [6.45, 7) is 5.53. The van der Waals surface area contributed by atoms with E-state index in [2.05, 4.69) is 21.3 Å². The average molecular weight is 333 g/mol. The van der Waals surface area contributed by atoms with E-state index in [9.17, 15) is 14.4 Å². The van der Waals surface area contributed by atoms with Gasteiger partial charge in [-0.1, -0.05) is 19.9 Å². The van der Waals surface area contributed by atoms with Crippen molar-refractivity contribution < 1.29 is 14.4 Å². The van der Waals surface area contributed by atoms with E-state index in [1.807, 2.05) is 19.9 Å². The molecule has 1 aliphatic rings. The van der Waals surface area contributed by atoms with E-state index >= 15 is 0 Å². The van der Waals surface area contributed by atoms with Crippen LogP contribution in [0.4, 0.5) is 21.0 Å². The minimum absolute atomic E-state index is 0.0474. The summed E-state index contributed by atoms with van der Waals surface area (Å²) >= 11 is 0. The van der Waals surface area contributed by atoms with Gasteiger partial charge >= 0.3 is 12.1 Å². The van der Waals surface area contributed by atoms with E-state index in [-0.39, 0.29) is 23.9 Å². The Morgan fingerprint density at radius 2 is 2.00 bits per heavy atom. The van der Waals surface area contributed by atoms with E-state index in [1.165, 1.54) is 0 Å². The molecule has 0 aliphatic carbocycles. The third kappa shape index (κ3) is 4.87. The number of amides is 5. The Balaban J connectivity index is 1.79. The van der Waals surface area contributed by atoms with Gasteiger partial charge in [-0.3, -0.25) is 9.69 Å². The molecule has 2 rings (SSSR count). The number of urea groups is 2. The Labute approximate surface area is 141 Å². The quantitative estimate of drug-likeness (QED) is 0.586. The molecule has 0 atom stereocenters. The van der Waals surface area contributed by atoms with Gasteiger partial charge in [0.2, 0.25) is 5.91 Å². The van der Waals surface area contributed by atoms with Crippen molar-refractivity contribution in [3.05, 3.63) is 24.3 Å². The topological polar surface area (TPSA) is 103 Å². The Hall–Kier alpha value is -2.77. The highest BCUT2D eigenvalue weighted by Crippen LogP contribution is 2.20. The van der Waals surface area contributed by atoms with Gasteiger partial charge in [-0.2, -0.15) is 0 Å². The van der Waals surface area contributed by atoms with E-state index in [4.69, 9.17) is 0 Å². The van der Waals surface area contributed by atoms with E-state index in [0.29, 0.717) is 31.9 Å². The first kappa shape index (κ1) is 17.6. The molecule has 1 fully saturated rings. The van der Waals surface area contributed by atoms with E-state index in [1.54, 1.807) is 23.1 Å². The number of nitrogens with one attached hydrogen (secondary N) is 4. The van der Waals surface area contributed by atoms with Crippen molar-refractivity contribution in [3.8, 4) is 0 Å². The van der Waals surface area contributed by atoms with Gasteiger partial charge in [0.25, 0.3) is 0 Å². The zero-order valence-corrected chi connectivity index (χ0v) is 13.9. The maximum Gasteiger partial charge on any atom is 0.321 e. The van der Waals surface area contributed by atoms with Crippen LogP contribution in [0.1, 0.15) is 13.8 Å². The Morgan fingerprint density at radius 3 is 2.67 bits per heavy atom. The Bertz CT molecular complexity index is 617. The molecule has 130 valence electrons. The van der Waals surface area contributed by atoms with Crippen LogP contribution in [0.2, 0.25) is 0 Å². The second-order valence-electron chi connectivity index (χ2n) is 5.76. The van der Waals surface area contributed by atoms with Gasteiger partial charge in [0.15, 0.2) is 0 Å². The number of nitrogens with zero attached hydrogens (tertiary/aromatic N) is 1. The molecule has 0 radical (unpaired) electrons. The van der Waals surface area contributed by atoms with Crippen molar-refractivity contribution in [2.75, 3.05) is 36.4 Å². The number of rotatable bonds is 6. The van der Waals surface area contributed by atoms with Crippen molar-refractivity contribution in [1.82, 2.24) is 16.0 Å². The molecule has 8 heteroatoms. The van der Waals surface area contributed by atoms with Crippen LogP contribution in [-0.2, 0) is 4.79 Å². The molecule has 0 unspecified atom stereocenters. The molecule has 1 saturated heterocycles. The maximum atomic E-state index is 11.9. The minimum Gasteiger partial charge on any atom is -0.354 e. The van der Waals surface area contributed by atoms with Crippen LogP contribution in [0, 0.1) is 5.92 Å². The van der Waals surface area contributed by atoms with Gasteiger partial charge < -0.3 is 21.3 Å². The van der Waals surface area contributed by atoms with Gasteiger partial charge in [0.1, 0.15) is 0 Å². The number of anilines is 2. The normalized spacial score (nSPS) is 13.6. The molecule has 0 bridgehead atoms. The molecule has 1 aromatic carbocycles. The molecule has 0 aromatic heterocycles. The summed E-state index contributed by atoms with van der Waals surface area (Å²) in [5.41, 5.74) is 1.32. The largest absolute Gasteiger partial charge is 0.354 e. The van der Waals surface area contributed by atoms with Gasteiger partial charge in [-0.05, 0) is 18.2 Å². The van der Waals surface area contributed by atoms with Crippen LogP contribution in [-0.4, -0.2) is 44.1 Å². The molecule has 8 nitrogen and oxygen atoms in total. The van der Waals surface area contributed by atoms with Crippen molar-refractivity contribution in [3.63, 3.8) is 0 Å². The van der Waals surface area contributed by atoms with Crippen LogP contribution < -0.4 is 26.2 Å². The fourth-order valence-corrected chi connectivity index (χ4v) is 2.21. The van der Waals surface area contributed by atoms with Crippen LogP contribution in [0.25, 0.3) is 0 Å². The number of hydrogen-bond acceptors (Lipinski definition) is 3. The lowest BCUT2D eigenvalue weighted by Gasteiger charge is -2.15. The van der Waals surface area contributed by atoms with Gasteiger partial charge in [0, 0.05) is 43.5 Å². The highest BCUT2D eigenvalue weighted by atomic mass is 16.2. The third-order valence-corrected chi connectivity index (χ3v) is 3.51. The van der Waals surface area contributed by atoms with Gasteiger partial charge in [0.05, 0.1) is 0 Å². The lowest BCUT2D eigenvalue weighted by Crippen LogP contribution is -2.38. The summed E-state index contributed by atoms with van der Waals surface area (Å²) < 4.78 is 0. The first-order chi connectivity index (χ1) is 11.5. The van der Waals surface area contributed by atoms with Crippen molar-refractivity contribution in [2.24, 2.45) is 5.92 Å². The summed E-state index contributed by atoms with van der Waals surface area (Å²) in [6.07, 6.45) is 0. The minimum atomic E-state index is -0.364. The predicted molar refractivity (Wildman–Crippen MR) is 92.1 cm³/mol. The molecule has 1 aromatic rings. The number of hydrogen-bond donors (Lipinski definition) is 4. The van der Waals surface area contributed by atoms with Gasteiger partial charge in [-0.25, -0.2) is 9.59 Å². The van der Waals surface area contributed by atoms with Crippen molar-refractivity contribution >= 4 is 29.3 Å². The highest BCUT2D eigenvalue weighted by Gasteiger charge is 2.21. The summed E-state index contributed by atoms with van der Waals surface area (Å²) in [7, 11) is 0. The number of carbonyl (C=O) groups is 3. The zero-order chi connectivity index (χ0) is 17.5. The second kappa shape index (κ2) is 8.19. The van der Waals surface area contributed by atoms with Crippen LogP contribution in [0.5, 0.6) is 0 Å². The number of carbonyl (C=O) groups excluding carboxylic acids is 3. The molecular formula is C16H23N5O3. The molecule has 4 N–H and O–H groups in total. The molecule has 5 amide bonds. The molecule has 0 spiro atoms. The summed E-state index contributed by atoms with van der Waals surface area (Å²) in [4.78, 5) is 36.5. The standard InChI is InChI=1S/C16H23N5O3/c1-11(2)14(22)17-6-7-18-15(23)20-12-4-3-5-13(10-12)21-9-8-19-16(21)24/h3-5,10-11H,6-9H2,1-2H3,(H,17,22)(H,19,24)(H2,18,20,23). The Morgan fingerprint density at radius 1 is 1.25 bits per heavy atom. The maximum absolute atomic E-state index is 11.9. The van der Waals surface area contributed by atoms with E-state index < -0.39 is 0 Å². The van der Waals surface area contributed by atoms with Crippen molar-refractivity contribution in [2.45, 2.75) is 13.8 Å². The smallest absolute Gasteiger partial charge is 0.321 e. The van der Waals surface area contributed by atoms with Crippen LogP contribution in [0.15, 0.2) is 24.3 Å². The Kier molecular flexibility index (Phi) is 6.00. The fourth-order valence-electron chi connectivity index (χ4n) is 2.21. The highest BCUT2D eigenvalue weighted by molar-refractivity contribution is 5.95. The third-order valence-electron chi connectivity index (χ3n) is 3.51. The summed E-state index contributed by atoms with van der Waals surface area (Å²) in [5.74, 6) is -0.127. The summed E-state index contributed by atoms with van der Waals surface area (Å²) in [5, 5.41) is 10.8. The van der Waals surface area contributed by atoms with Crippen LogP contribution in [0.3, 0.4) is 0 Å². The summed E-state index contributed by atoms with van der Waals surface area (Å²) in [6, 6.07) is 6.58. The fraction of sp³-hybridized carbons (Fsp3) is 0.438. The molecular weight excluding hydrogens is 310 g/mol. The first-order valence-corrected chi connectivity index (χ1v) is 7.95. The molecule has 24 heavy (non-hydrogen) atoms. The zero-order valence-electron chi connectivity index (χ0n) is 13.9. The SMILES string of the molecule is CC(C)C(=O)NCCNC(=O)Nc1cccc(N2CCNC2=O)c1. The van der Waals surface area contributed by atoms with E-state index in [0.717, 1.165) is 5.69 Å². The van der Waals surface area contributed by atoms with Gasteiger partial charge in [-0.15, -0.1) is 0 Å². The molecule has 0 saturated carbocycles. The number of benzene rings is 1. The average Bonchev–Trinajstić information content (AvgIpc) is 2.97. The van der Waals surface area contributed by atoms with Crippen LogP contribution >= 0.6 is 0 Å². The lowest BCUT2D eigenvalue weighted by molar-refractivity contribution is -0.123. The lowest BCUT2D eigenvalue weighted by atomic mass is 10.2. The predicted octanol–water partition coefficient (Wildman–Crippen LogP) is 1.11. The molecule has 1 aliphatic heterocycles. The first-order valence-electron chi connectivity index (χ1n) is 7.95. The molecule has 1 heterocycles. The second-order valence-corrected chi connectivity index (χ2v) is 5.76.